The molecule has 0 aliphatic carbocycles. The van der Waals surface area contributed by atoms with E-state index in [0.29, 0.717) is 17.3 Å². The van der Waals surface area contributed by atoms with E-state index in [1.54, 1.807) is 24.3 Å². The number of nitrogens with one attached hydrogen (secondary N) is 1. The predicted molar refractivity (Wildman–Crippen MR) is 75.9 cm³/mol. The Kier molecular flexibility index (Phi) is 5.65. The molecule has 94 valence electrons. The Morgan fingerprint density at radius 3 is 2.71 bits per heavy atom. The Morgan fingerprint density at radius 1 is 1.35 bits per heavy atom. The second-order valence-electron chi connectivity index (χ2n) is 3.99. The predicted octanol–water partition coefficient (Wildman–Crippen LogP) is 2.32. The third-order valence-electron chi connectivity index (χ3n) is 2.71. The molecule has 0 spiro atoms. The maximum Gasteiger partial charge on any atom is 0.251 e. The van der Waals surface area contributed by atoms with Crippen LogP contribution in [0.15, 0.2) is 24.3 Å². The van der Waals surface area contributed by atoms with E-state index < -0.39 is 0 Å². The molecule has 0 atom stereocenters. The fourth-order valence-corrected chi connectivity index (χ4v) is 2.90. The summed E-state index contributed by atoms with van der Waals surface area (Å²) in [4.78, 5) is 11.9. The first kappa shape index (κ1) is 14.2. The van der Waals surface area contributed by atoms with Crippen molar-refractivity contribution in [1.82, 2.24) is 5.32 Å². The number of amides is 1. The van der Waals surface area contributed by atoms with Gasteiger partial charge in [0.15, 0.2) is 0 Å². The van der Waals surface area contributed by atoms with Gasteiger partial charge in [0.25, 0.3) is 5.91 Å². The number of rotatable bonds is 2. The number of anilines is 1. The quantitative estimate of drug-likeness (QED) is 0.813. The van der Waals surface area contributed by atoms with E-state index in [0.717, 1.165) is 24.3 Å². The molecule has 1 aromatic rings. The van der Waals surface area contributed by atoms with Gasteiger partial charge in [0.1, 0.15) is 0 Å². The Balaban J connectivity index is 0.00000144. The summed E-state index contributed by atoms with van der Waals surface area (Å²) in [6, 6.07) is 7.43. The van der Waals surface area contributed by atoms with Gasteiger partial charge in [-0.25, -0.2) is 0 Å². The molecule has 1 aliphatic heterocycles. The van der Waals surface area contributed by atoms with Crippen molar-refractivity contribution in [2.45, 2.75) is 18.9 Å². The highest BCUT2D eigenvalue weighted by molar-refractivity contribution is 7.99. The van der Waals surface area contributed by atoms with E-state index in [2.05, 4.69) is 5.32 Å². The molecule has 0 radical (unpaired) electrons. The smallest absolute Gasteiger partial charge is 0.251 e. The lowest BCUT2D eigenvalue weighted by Gasteiger charge is -2.22. The highest BCUT2D eigenvalue weighted by atomic mass is 35.5. The number of thioether (sulfide) groups is 1. The van der Waals surface area contributed by atoms with Gasteiger partial charge in [0.2, 0.25) is 0 Å². The summed E-state index contributed by atoms with van der Waals surface area (Å²) >= 11 is 1.95. The molecule has 17 heavy (non-hydrogen) atoms. The molecule has 1 aromatic carbocycles. The molecule has 3 N–H and O–H groups in total. The first-order valence-corrected chi connectivity index (χ1v) is 6.65. The first-order chi connectivity index (χ1) is 7.75. The second-order valence-corrected chi connectivity index (χ2v) is 5.21. The fraction of sp³-hybridized carbons (Fsp3) is 0.417. The molecule has 0 unspecified atom stereocenters. The molecule has 1 fully saturated rings. The molecular weight excluding hydrogens is 256 g/mol. The van der Waals surface area contributed by atoms with E-state index in [-0.39, 0.29) is 18.3 Å². The number of hydrogen-bond donors (Lipinski definition) is 2. The Morgan fingerprint density at radius 2 is 2.06 bits per heavy atom. The Labute approximate surface area is 112 Å². The van der Waals surface area contributed by atoms with E-state index in [4.69, 9.17) is 5.73 Å². The van der Waals surface area contributed by atoms with Crippen LogP contribution >= 0.6 is 24.2 Å². The van der Waals surface area contributed by atoms with E-state index in [1.165, 1.54) is 0 Å². The van der Waals surface area contributed by atoms with Crippen LogP contribution in [0.5, 0.6) is 0 Å². The monoisotopic (exact) mass is 272 g/mol. The van der Waals surface area contributed by atoms with Crippen LogP contribution in [0.4, 0.5) is 5.69 Å². The number of benzene rings is 1. The van der Waals surface area contributed by atoms with Crippen LogP contribution in [-0.4, -0.2) is 23.5 Å². The third kappa shape index (κ3) is 4.13. The van der Waals surface area contributed by atoms with E-state index in [9.17, 15) is 4.79 Å². The van der Waals surface area contributed by atoms with Crippen molar-refractivity contribution >= 4 is 35.8 Å². The van der Waals surface area contributed by atoms with Crippen LogP contribution in [0, 0.1) is 0 Å². The van der Waals surface area contributed by atoms with Crippen molar-refractivity contribution in [2.75, 3.05) is 17.2 Å². The molecule has 1 aliphatic rings. The minimum atomic E-state index is -0.01000. The summed E-state index contributed by atoms with van der Waals surface area (Å²) in [5, 5.41) is 3.05. The van der Waals surface area contributed by atoms with Gasteiger partial charge >= 0.3 is 0 Å². The molecule has 1 amide bonds. The van der Waals surface area contributed by atoms with Crippen LogP contribution in [-0.2, 0) is 0 Å². The van der Waals surface area contributed by atoms with Gasteiger partial charge in [-0.3, -0.25) is 4.79 Å². The second kappa shape index (κ2) is 6.77. The zero-order chi connectivity index (χ0) is 11.4. The van der Waals surface area contributed by atoms with Gasteiger partial charge < -0.3 is 11.1 Å². The average molecular weight is 273 g/mol. The number of nitrogen functional groups attached to an aromatic ring is 1. The summed E-state index contributed by atoms with van der Waals surface area (Å²) < 4.78 is 0. The van der Waals surface area contributed by atoms with Crippen molar-refractivity contribution < 1.29 is 4.79 Å². The third-order valence-corrected chi connectivity index (χ3v) is 3.75. The van der Waals surface area contributed by atoms with E-state index >= 15 is 0 Å². The number of hydrogen-bond acceptors (Lipinski definition) is 3. The maximum absolute atomic E-state index is 11.9. The normalized spacial score (nSPS) is 16.0. The van der Waals surface area contributed by atoms with Crippen molar-refractivity contribution in [3.05, 3.63) is 29.8 Å². The standard InChI is InChI=1S/C12H16N2OS.ClH/c13-10-3-1-2-9(8-10)12(15)14-11-4-6-16-7-5-11;/h1-3,8,11H,4-7,13H2,(H,14,15);1H. The van der Waals surface area contributed by atoms with Crippen LogP contribution in [0.3, 0.4) is 0 Å². The highest BCUT2D eigenvalue weighted by Crippen LogP contribution is 2.17. The summed E-state index contributed by atoms with van der Waals surface area (Å²) in [5.74, 6) is 2.27. The molecule has 2 rings (SSSR count). The van der Waals surface area contributed by atoms with Gasteiger partial charge in [-0.15, -0.1) is 12.4 Å². The van der Waals surface area contributed by atoms with Crippen molar-refractivity contribution in [3.63, 3.8) is 0 Å². The minimum Gasteiger partial charge on any atom is -0.399 e. The SMILES string of the molecule is Cl.Nc1cccc(C(=O)NC2CCSCC2)c1. The maximum atomic E-state index is 11.9. The molecule has 0 aromatic heterocycles. The fourth-order valence-electron chi connectivity index (χ4n) is 1.79. The number of nitrogens with two attached hydrogens (primary N) is 1. The van der Waals surface area contributed by atoms with Crippen molar-refractivity contribution in [2.24, 2.45) is 0 Å². The van der Waals surface area contributed by atoms with Crippen LogP contribution in [0.2, 0.25) is 0 Å². The van der Waals surface area contributed by atoms with Crippen molar-refractivity contribution in [1.29, 1.82) is 0 Å². The number of carbonyl (C=O) groups is 1. The lowest BCUT2D eigenvalue weighted by Crippen LogP contribution is -2.37. The van der Waals surface area contributed by atoms with Gasteiger partial charge in [-0.2, -0.15) is 11.8 Å². The molecule has 0 bridgehead atoms. The average Bonchev–Trinajstić information content (AvgIpc) is 2.30. The molecule has 3 nitrogen and oxygen atoms in total. The molecule has 5 heteroatoms. The summed E-state index contributed by atoms with van der Waals surface area (Å²) in [6.45, 7) is 0. The van der Waals surface area contributed by atoms with Crippen LogP contribution < -0.4 is 11.1 Å². The topological polar surface area (TPSA) is 55.1 Å². The van der Waals surface area contributed by atoms with Crippen LogP contribution in [0.25, 0.3) is 0 Å². The molecule has 1 heterocycles. The van der Waals surface area contributed by atoms with Gasteiger partial charge in [0.05, 0.1) is 0 Å². The number of carbonyl (C=O) groups excluding carboxylic acids is 1. The van der Waals surface area contributed by atoms with Gasteiger partial charge in [-0.05, 0) is 42.5 Å². The molecule has 1 saturated heterocycles. The Bertz CT molecular complexity index is 381. The summed E-state index contributed by atoms with van der Waals surface area (Å²) in [6.07, 6.45) is 2.14. The molecular formula is C12H17ClN2OS. The largest absolute Gasteiger partial charge is 0.399 e. The van der Waals surface area contributed by atoms with Crippen LogP contribution in [0.1, 0.15) is 23.2 Å². The summed E-state index contributed by atoms with van der Waals surface area (Å²) in [5.41, 5.74) is 6.93. The lowest BCUT2D eigenvalue weighted by atomic mass is 10.1. The lowest BCUT2D eigenvalue weighted by molar-refractivity contribution is 0.0935. The highest BCUT2D eigenvalue weighted by Gasteiger charge is 2.16. The molecule has 0 saturated carbocycles. The van der Waals surface area contributed by atoms with Gasteiger partial charge in [-0.1, -0.05) is 6.07 Å². The summed E-state index contributed by atoms with van der Waals surface area (Å²) in [7, 11) is 0. The zero-order valence-electron chi connectivity index (χ0n) is 9.52. The van der Waals surface area contributed by atoms with E-state index in [1.807, 2.05) is 11.8 Å². The zero-order valence-corrected chi connectivity index (χ0v) is 11.2. The minimum absolute atomic E-state index is 0. The van der Waals surface area contributed by atoms with Crippen molar-refractivity contribution in [3.8, 4) is 0 Å². The number of halogens is 1. The Hall–Kier alpha value is -0.870. The first-order valence-electron chi connectivity index (χ1n) is 5.50. The van der Waals surface area contributed by atoms with Gasteiger partial charge in [0, 0.05) is 17.3 Å².